The third kappa shape index (κ3) is 3.93. The Kier molecular flexibility index (Phi) is 5.49. The van der Waals surface area contributed by atoms with E-state index in [1.807, 2.05) is 31.6 Å². The minimum Gasteiger partial charge on any atom is -0.355 e. The van der Waals surface area contributed by atoms with Crippen molar-refractivity contribution in [2.75, 3.05) is 23.5 Å². The van der Waals surface area contributed by atoms with Gasteiger partial charge in [0, 0.05) is 29.7 Å². The number of hydrogen-bond donors (Lipinski definition) is 0. The molecule has 1 fully saturated rings. The Balaban J connectivity index is 1.49. The highest BCUT2D eigenvalue weighted by Crippen LogP contribution is 2.40. The molecule has 4 heterocycles. The van der Waals surface area contributed by atoms with Crippen LogP contribution >= 0.6 is 11.3 Å². The van der Waals surface area contributed by atoms with Crippen molar-refractivity contribution < 1.29 is 8.42 Å². The third-order valence-corrected chi connectivity index (χ3v) is 9.53. The van der Waals surface area contributed by atoms with Crippen LogP contribution in [-0.4, -0.2) is 46.7 Å². The van der Waals surface area contributed by atoms with Crippen molar-refractivity contribution in [2.45, 2.75) is 39.8 Å². The Labute approximate surface area is 198 Å². The molecule has 1 atom stereocenters. The zero-order valence-corrected chi connectivity index (χ0v) is 20.9. The summed E-state index contributed by atoms with van der Waals surface area (Å²) in [6, 6.07) is 10.3. The molecule has 1 saturated heterocycles. The average Bonchev–Trinajstić information content (AvgIpc) is 3.42. The summed E-state index contributed by atoms with van der Waals surface area (Å²) in [5.41, 5.74) is 5.44. The van der Waals surface area contributed by atoms with Gasteiger partial charge in [-0.15, -0.1) is 11.3 Å². The van der Waals surface area contributed by atoms with E-state index in [1.54, 1.807) is 17.7 Å². The van der Waals surface area contributed by atoms with Crippen molar-refractivity contribution in [3.63, 3.8) is 0 Å². The number of benzene rings is 1. The molecule has 0 amide bonds. The van der Waals surface area contributed by atoms with Gasteiger partial charge in [0.05, 0.1) is 28.6 Å². The molecule has 3 aromatic heterocycles. The van der Waals surface area contributed by atoms with Crippen LogP contribution in [-0.2, 0) is 16.4 Å². The van der Waals surface area contributed by atoms with Crippen molar-refractivity contribution in [3.05, 3.63) is 59.2 Å². The molecule has 0 spiro atoms. The summed E-state index contributed by atoms with van der Waals surface area (Å²) in [5.74, 6) is 1.31. The molecule has 0 radical (unpaired) electrons. The second kappa shape index (κ2) is 8.22. The lowest BCUT2D eigenvalue weighted by molar-refractivity contribution is 0.485. The fourth-order valence-electron chi connectivity index (χ4n) is 4.77. The molecular formula is C24H27N5O2S2. The number of nitrogens with zero attached hydrogens (tertiary/aromatic N) is 5. The van der Waals surface area contributed by atoms with Gasteiger partial charge in [0.2, 0.25) is 0 Å². The number of rotatable bonds is 5. The molecular weight excluding hydrogens is 454 g/mol. The lowest BCUT2D eigenvalue weighted by atomic mass is 10.1. The van der Waals surface area contributed by atoms with Crippen molar-refractivity contribution in [1.29, 1.82) is 0 Å². The summed E-state index contributed by atoms with van der Waals surface area (Å²) in [4.78, 5) is 13.5. The number of hydrogen-bond acceptors (Lipinski definition) is 7. The van der Waals surface area contributed by atoms with Gasteiger partial charge in [-0.1, -0.05) is 30.3 Å². The topological polar surface area (TPSA) is 81.0 Å². The van der Waals surface area contributed by atoms with Crippen LogP contribution in [0.1, 0.15) is 35.0 Å². The van der Waals surface area contributed by atoms with E-state index in [0.29, 0.717) is 13.0 Å². The van der Waals surface area contributed by atoms with E-state index < -0.39 is 9.84 Å². The summed E-state index contributed by atoms with van der Waals surface area (Å²) in [6.45, 7) is 6.80. The summed E-state index contributed by atoms with van der Waals surface area (Å²) < 4.78 is 25.9. The number of fused-ring (bicyclic) bond motifs is 1. The molecule has 7 nitrogen and oxygen atoms in total. The fourth-order valence-corrected chi connectivity index (χ4v) is 7.61. The van der Waals surface area contributed by atoms with Gasteiger partial charge in [-0.2, -0.15) is 5.10 Å². The van der Waals surface area contributed by atoms with Crippen LogP contribution in [0.25, 0.3) is 20.7 Å². The summed E-state index contributed by atoms with van der Waals surface area (Å²) in [6.07, 6.45) is 2.26. The van der Waals surface area contributed by atoms with E-state index in [2.05, 4.69) is 46.1 Å². The first kappa shape index (κ1) is 22.0. The first-order valence-electron chi connectivity index (χ1n) is 11.0. The van der Waals surface area contributed by atoms with Crippen molar-refractivity contribution in [2.24, 2.45) is 0 Å². The molecule has 1 aromatic carbocycles. The molecule has 0 bridgehead atoms. The van der Waals surface area contributed by atoms with Gasteiger partial charge in [-0.05, 0) is 38.3 Å². The summed E-state index contributed by atoms with van der Waals surface area (Å²) >= 11 is 1.69. The highest BCUT2D eigenvalue weighted by atomic mass is 32.2. The maximum atomic E-state index is 12.0. The fraction of sp³-hybridized carbons (Fsp3) is 0.375. The molecule has 1 aliphatic rings. The summed E-state index contributed by atoms with van der Waals surface area (Å²) in [7, 11) is -0.928. The van der Waals surface area contributed by atoms with E-state index in [4.69, 9.17) is 5.10 Å². The van der Waals surface area contributed by atoms with Gasteiger partial charge in [0.1, 0.15) is 17.0 Å². The smallest absolute Gasteiger partial charge is 0.152 e. The number of sulfone groups is 1. The molecule has 172 valence electrons. The molecule has 4 aromatic rings. The van der Waals surface area contributed by atoms with Crippen molar-refractivity contribution in [3.8, 4) is 10.4 Å². The number of anilines is 1. The maximum absolute atomic E-state index is 12.0. The molecule has 0 aliphatic carbocycles. The van der Waals surface area contributed by atoms with Gasteiger partial charge in [-0.25, -0.2) is 18.4 Å². The molecule has 5 rings (SSSR count). The van der Waals surface area contributed by atoms with Gasteiger partial charge in [0.15, 0.2) is 9.84 Å². The molecule has 33 heavy (non-hydrogen) atoms. The minimum absolute atomic E-state index is 0.0777. The first-order chi connectivity index (χ1) is 15.7. The number of aromatic nitrogens is 4. The van der Waals surface area contributed by atoms with E-state index >= 15 is 0 Å². The molecule has 9 heteroatoms. The highest BCUT2D eigenvalue weighted by Gasteiger charge is 2.31. The van der Waals surface area contributed by atoms with Crippen LogP contribution in [0.4, 0.5) is 5.82 Å². The van der Waals surface area contributed by atoms with Crippen molar-refractivity contribution >= 4 is 37.2 Å². The molecule has 0 N–H and O–H groups in total. The number of thiophene rings is 1. The Hall–Kier alpha value is -2.78. The van der Waals surface area contributed by atoms with Crippen LogP contribution < -0.4 is 4.90 Å². The van der Waals surface area contributed by atoms with Crippen LogP contribution in [0, 0.1) is 20.8 Å². The standard InChI is InChI=1S/C24H27N5O2S2/c1-15-21-23(25-14-26-24(21)32-22(15)18-8-6-5-7-9-18)28(4)12-20-16(2)27-29(17(20)3)19-10-11-33(30,31)13-19/h5-9,14,19H,10-13H2,1-4H3. The molecule has 1 aliphatic heterocycles. The minimum atomic E-state index is -2.97. The normalized spacial score (nSPS) is 17.6. The Morgan fingerprint density at radius 1 is 1.15 bits per heavy atom. The lowest BCUT2D eigenvalue weighted by Crippen LogP contribution is -2.19. The quantitative estimate of drug-likeness (QED) is 0.418. The van der Waals surface area contributed by atoms with E-state index in [9.17, 15) is 8.42 Å². The summed E-state index contributed by atoms with van der Waals surface area (Å²) in [5, 5.41) is 5.80. The molecule has 1 unspecified atom stereocenters. The SMILES string of the molecule is Cc1nn(C2CCS(=O)(=O)C2)c(C)c1CN(C)c1ncnc2sc(-c3ccccc3)c(C)c12. The Morgan fingerprint density at radius 3 is 2.61 bits per heavy atom. The van der Waals surface area contributed by atoms with E-state index in [0.717, 1.165) is 33.0 Å². The highest BCUT2D eigenvalue weighted by molar-refractivity contribution is 7.91. The Morgan fingerprint density at radius 2 is 1.91 bits per heavy atom. The zero-order valence-electron chi connectivity index (χ0n) is 19.2. The van der Waals surface area contributed by atoms with Crippen LogP contribution in [0.2, 0.25) is 0 Å². The number of aryl methyl sites for hydroxylation is 2. The lowest BCUT2D eigenvalue weighted by Gasteiger charge is -2.20. The first-order valence-corrected chi connectivity index (χ1v) is 13.6. The second-order valence-electron chi connectivity index (χ2n) is 8.81. The largest absolute Gasteiger partial charge is 0.355 e. The van der Waals surface area contributed by atoms with Gasteiger partial charge >= 0.3 is 0 Å². The average molecular weight is 482 g/mol. The third-order valence-electron chi connectivity index (χ3n) is 6.53. The maximum Gasteiger partial charge on any atom is 0.152 e. The second-order valence-corrected chi connectivity index (χ2v) is 12.0. The zero-order chi connectivity index (χ0) is 23.3. The van der Waals surface area contributed by atoms with Gasteiger partial charge in [0.25, 0.3) is 0 Å². The predicted molar refractivity (Wildman–Crippen MR) is 134 cm³/mol. The van der Waals surface area contributed by atoms with Crippen LogP contribution in [0.5, 0.6) is 0 Å². The monoisotopic (exact) mass is 481 g/mol. The van der Waals surface area contributed by atoms with E-state index in [1.165, 1.54) is 16.0 Å². The van der Waals surface area contributed by atoms with Gasteiger partial charge < -0.3 is 4.90 Å². The van der Waals surface area contributed by atoms with Crippen molar-refractivity contribution in [1.82, 2.24) is 19.7 Å². The predicted octanol–water partition coefficient (Wildman–Crippen LogP) is 4.48. The van der Waals surface area contributed by atoms with Gasteiger partial charge in [-0.3, -0.25) is 4.68 Å². The van der Waals surface area contributed by atoms with Crippen LogP contribution in [0.3, 0.4) is 0 Å². The van der Waals surface area contributed by atoms with E-state index in [-0.39, 0.29) is 17.5 Å². The Bertz CT molecular complexity index is 1440. The van der Waals surface area contributed by atoms with Crippen LogP contribution in [0.15, 0.2) is 36.7 Å². The molecule has 0 saturated carbocycles.